The minimum absolute atomic E-state index is 0.594. The Labute approximate surface area is 167 Å². The van der Waals surface area contributed by atoms with E-state index < -0.39 is 8.56 Å². The highest BCUT2D eigenvalue weighted by atomic mass is 28.4. The summed E-state index contributed by atoms with van der Waals surface area (Å²) in [6.07, 6.45) is 21.1. The molecule has 0 atom stereocenters. The highest BCUT2D eigenvalue weighted by Gasteiger charge is 2.24. The van der Waals surface area contributed by atoms with Crippen molar-refractivity contribution in [3.05, 3.63) is 0 Å². The maximum Gasteiger partial charge on any atom is 0.331 e. The van der Waals surface area contributed by atoms with Crippen LogP contribution in [0.5, 0.6) is 0 Å². The lowest BCUT2D eigenvalue weighted by atomic mass is 10.0. The molecule has 0 bridgehead atoms. The zero-order chi connectivity index (χ0) is 19.5. The molecule has 3 heteroatoms. The van der Waals surface area contributed by atoms with Crippen molar-refractivity contribution in [3.8, 4) is 0 Å². The first-order valence-electron chi connectivity index (χ1n) is 11.8. The maximum atomic E-state index is 6.01. The molecule has 0 aliphatic rings. The van der Waals surface area contributed by atoms with Crippen LogP contribution in [0.1, 0.15) is 117 Å². The van der Waals surface area contributed by atoms with Gasteiger partial charge >= 0.3 is 8.56 Å². The lowest BCUT2D eigenvalue weighted by Crippen LogP contribution is -2.36. The third-order valence-electron chi connectivity index (χ3n) is 4.96. The minimum Gasteiger partial charge on any atom is -0.395 e. The summed E-state index contributed by atoms with van der Waals surface area (Å²) in [6.45, 7) is 12.7. The lowest BCUT2D eigenvalue weighted by Gasteiger charge is -2.24. The molecule has 0 radical (unpaired) electrons. The highest BCUT2D eigenvalue weighted by molar-refractivity contribution is 6.64. The van der Waals surface area contributed by atoms with E-state index in [0.717, 1.165) is 13.2 Å². The van der Waals surface area contributed by atoms with Gasteiger partial charge < -0.3 is 8.85 Å². The van der Waals surface area contributed by atoms with E-state index in [2.05, 4.69) is 33.9 Å². The SMILES string of the molecule is CCCCCCCCCCCCCCCCCO[Si](C)(C)OCC(C)C. The molecule has 158 valence electrons. The van der Waals surface area contributed by atoms with Crippen molar-refractivity contribution >= 4 is 8.56 Å². The van der Waals surface area contributed by atoms with Crippen LogP contribution in [0.4, 0.5) is 0 Å². The van der Waals surface area contributed by atoms with E-state index in [1.165, 1.54) is 96.3 Å². The van der Waals surface area contributed by atoms with Crippen molar-refractivity contribution in [2.24, 2.45) is 5.92 Å². The van der Waals surface area contributed by atoms with Gasteiger partial charge in [-0.3, -0.25) is 0 Å². The summed E-state index contributed by atoms with van der Waals surface area (Å²) in [5.41, 5.74) is 0. The van der Waals surface area contributed by atoms with E-state index in [1.807, 2.05) is 0 Å². The molecule has 0 spiro atoms. The average molecular weight is 387 g/mol. The van der Waals surface area contributed by atoms with Crippen LogP contribution in [0, 0.1) is 5.92 Å². The Morgan fingerprint density at radius 2 is 0.962 bits per heavy atom. The van der Waals surface area contributed by atoms with Crippen molar-refractivity contribution in [2.45, 2.75) is 130 Å². The van der Waals surface area contributed by atoms with Crippen LogP contribution in [0.3, 0.4) is 0 Å². The number of hydrogen-bond donors (Lipinski definition) is 0. The lowest BCUT2D eigenvalue weighted by molar-refractivity contribution is 0.159. The van der Waals surface area contributed by atoms with Crippen molar-refractivity contribution in [2.75, 3.05) is 13.2 Å². The monoisotopic (exact) mass is 386 g/mol. The van der Waals surface area contributed by atoms with Crippen LogP contribution in [-0.4, -0.2) is 21.8 Å². The summed E-state index contributed by atoms with van der Waals surface area (Å²) < 4.78 is 11.9. The molecule has 0 amide bonds. The van der Waals surface area contributed by atoms with E-state index >= 15 is 0 Å². The molecule has 0 saturated heterocycles. The van der Waals surface area contributed by atoms with Gasteiger partial charge in [-0.25, -0.2) is 0 Å². The molecule has 0 rings (SSSR count). The van der Waals surface area contributed by atoms with E-state index in [0.29, 0.717) is 5.92 Å². The van der Waals surface area contributed by atoms with E-state index in [9.17, 15) is 0 Å². The average Bonchev–Trinajstić information content (AvgIpc) is 2.60. The first kappa shape index (κ1) is 26.1. The predicted molar refractivity (Wildman–Crippen MR) is 119 cm³/mol. The normalized spacial score (nSPS) is 12.2. The van der Waals surface area contributed by atoms with Crippen molar-refractivity contribution in [1.82, 2.24) is 0 Å². The quantitative estimate of drug-likeness (QED) is 0.155. The van der Waals surface area contributed by atoms with Gasteiger partial charge in [-0.2, -0.15) is 0 Å². The van der Waals surface area contributed by atoms with Crippen LogP contribution in [0.15, 0.2) is 0 Å². The molecule has 0 aliphatic carbocycles. The second-order valence-electron chi connectivity index (χ2n) is 8.90. The Morgan fingerprint density at radius 3 is 1.35 bits per heavy atom. The van der Waals surface area contributed by atoms with Gasteiger partial charge in [-0.15, -0.1) is 0 Å². The molecule has 0 aromatic heterocycles. The van der Waals surface area contributed by atoms with Gasteiger partial charge in [0.2, 0.25) is 0 Å². The molecular weight excluding hydrogens is 336 g/mol. The molecule has 0 fully saturated rings. The fraction of sp³-hybridized carbons (Fsp3) is 1.00. The van der Waals surface area contributed by atoms with Crippen molar-refractivity contribution < 1.29 is 8.85 Å². The second kappa shape index (κ2) is 18.5. The van der Waals surface area contributed by atoms with Crippen LogP contribution < -0.4 is 0 Å². The molecule has 2 nitrogen and oxygen atoms in total. The first-order valence-corrected chi connectivity index (χ1v) is 14.6. The molecule has 0 N–H and O–H groups in total. The summed E-state index contributed by atoms with van der Waals surface area (Å²) in [4.78, 5) is 0. The third-order valence-corrected chi connectivity index (χ3v) is 6.72. The topological polar surface area (TPSA) is 18.5 Å². The Balaban J connectivity index is 3.20. The van der Waals surface area contributed by atoms with Crippen molar-refractivity contribution in [3.63, 3.8) is 0 Å². The maximum absolute atomic E-state index is 6.01. The van der Waals surface area contributed by atoms with Crippen LogP contribution in [0.25, 0.3) is 0 Å². The Hall–Kier alpha value is 0.137. The Bertz CT molecular complexity index is 279. The summed E-state index contributed by atoms with van der Waals surface area (Å²) >= 11 is 0. The Kier molecular flexibility index (Phi) is 18.6. The molecule has 0 aromatic carbocycles. The highest BCUT2D eigenvalue weighted by Crippen LogP contribution is 2.14. The largest absolute Gasteiger partial charge is 0.395 e. The van der Waals surface area contributed by atoms with Gasteiger partial charge in [0.05, 0.1) is 0 Å². The smallest absolute Gasteiger partial charge is 0.331 e. The summed E-state index contributed by atoms with van der Waals surface area (Å²) in [5.74, 6) is 0.594. The fourth-order valence-corrected chi connectivity index (χ4v) is 4.65. The third kappa shape index (κ3) is 20.4. The molecule has 0 unspecified atom stereocenters. The fourth-order valence-electron chi connectivity index (χ4n) is 3.20. The van der Waals surface area contributed by atoms with E-state index in [4.69, 9.17) is 8.85 Å². The van der Waals surface area contributed by atoms with Crippen LogP contribution in [-0.2, 0) is 8.85 Å². The number of rotatable bonds is 20. The van der Waals surface area contributed by atoms with Gasteiger partial charge in [-0.05, 0) is 25.4 Å². The Morgan fingerprint density at radius 1 is 0.577 bits per heavy atom. The number of hydrogen-bond acceptors (Lipinski definition) is 2. The van der Waals surface area contributed by atoms with E-state index in [1.54, 1.807) is 0 Å². The molecular formula is C23H50O2Si. The predicted octanol–water partition coefficient (Wildman–Crippen LogP) is 8.25. The summed E-state index contributed by atoms with van der Waals surface area (Å²) in [6, 6.07) is 0. The molecule has 26 heavy (non-hydrogen) atoms. The van der Waals surface area contributed by atoms with Crippen LogP contribution >= 0.6 is 0 Å². The van der Waals surface area contributed by atoms with E-state index in [-0.39, 0.29) is 0 Å². The summed E-state index contributed by atoms with van der Waals surface area (Å²) in [5, 5.41) is 0. The van der Waals surface area contributed by atoms with Crippen LogP contribution in [0.2, 0.25) is 13.1 Å². The molecule has 0 saturated carbocycles. The van der Waals surface area contributed by atoms with Gasteiger partial charge in [0.15, 0.2) is 0 Å². The van der Waals surface area contributed by atoms with Gasteiger partial charge in [-0.1, -0.05) is 111 Å². The molecule has 0 aromatic rings. The van der Waals surface area contributed by atoms with Gasteiger partial charge in [0, 0.05) is 13.2 Å². The minimum atomic E-state index is -1.87. The van der Waals surface area contributed by atoms with Gasteiger partial charge in [0.25, 0.3) is 0 Å². The second-order valence-corrected chi connectivity index (χ2v) is 12.3. The zero-order valence-electron chi connectivity index (χ0n) is 18.9. The molecule has 0 heterocycles. The zero-order valence-corrected chi connectivity index (χ0v) is 19.9. The van der Waals surface area contributed by atoms with Gasteiger partial charge in [0.1, 0.15) is 0 Å². The summed E-state index contributed by atoms with van der Waals surface area (Å²) in [7, 11) is -1.87. The molecule has 0 aliphatic heterocycles. The number of unbranched alkanes of at least 4 members (excludes halogenated alkanes) is 14. The first-order chi connectivity index (χ1) is 12.5. The van der Waals surface area contributed by atoms with Crippen molar-refractivity contribution in [1.29, 1.82) is 0 Å². The standard InChI is InChI=1S/C23H50O2Si/c1-6-7-8-9-10-11-12-13-14-15-16-17-18-19-20-21-24-26(4,5)25-22-23(2)3/h23H,6-22H2,1-5H3.